The normalized spacial score (nSPS) is 13.9. The van der Waals surface area contributed by atoms with Crippen LogP contribution in [0.15, 0.2) is 17.5 Å². The maximum atomic E-state index is 11.9. The number of nitrogens with one attached hydrogen (secondary N) is 2. The van der Waals surface area contributed by atoms with Crippen LogP contribution >= 0.6 is 11.3 Å². The van der Waals surface area contributed by atoms with E-state index < -0.39 is 12.1 Å². The van der Waals surface area contributed by atoms with Crippen LogP contribution in [0.3, 0.4) is 0 Å². The van der Waals surface area contributed by atoms with E-state index >= 15 is 0 Å². The molecule has 5 nitrogen and oxygen atoms in total. The monoisotopic (exact) mass is 283 g/mol. The summed E-state index contributed by atoms with van der Waals surface area (Å²) in [5, 5.41) is 7.25. The molecule has 0 saturated heterocycles. The summed E-state index contributed by atoms with van der Waals surface area (Å²) >= 11 is 1.42. The Bertz CT molecular complexity index is 418. The fourth-order valence-electron chi connectivity index (χ4n) is 1.42. The van der Waals surface area contributed by atoms with Crippen molar-refractivity contribution in [3.05, 3.63) is 22.4 Å². The lowest BCUT2D eigenvalue weighted by Crippen LogP contribution is -2.48. The molecule has 0 aliphatic rings. The van der Waals surface area contributed by atoms with Gasteiger partial charge in [-0.15, -0.1) is 11.3 Å². The maximum Gasteiger partial charge on any atom is 0.242 e. The van der Waals surface area contributed by atoms with Gasteiger partial charge in [-0.1, -0.05) is 19.9 Å². The highest BCUT2D eigenvalue weighted by Gasteiger charge is 2.21. The van der Waals surface area contributed by atoms with E-state index in [2.05, 4.69) is 10.6 Å². The Morgan fingerprint density at radius 2 is 2.00 bits per heavy atom. The van der Waals surface area contributed by atoms with Crippen molar-refractivity contribution in [2.45, 2.75) is 32.9 Å². The van der Waals surface area contributed by atoms with E-state index in [0.717, 1.165) is 4.88 Å². The van der Waals surface area contributed by atoms with Gasteiger partial charge in [-0.25, -0.2) is 0 Å². The van der Waals surface area contributed by atoms with Crippen molar-refractivity contribution in [2.75, 3.05) is 6.54 Å². The van der Waals surface area contributed by atoms with E-state index in [4.69, 9.17) is 5.73 Å². The van der Waals surface area contributed by atoms with Gasteiger partial charge in [0.05, 0.1) is 0 Å². The van der Waals surface area contributed by atoms with Crippen molar-refractivity contribution in [1.29, 1.82) is 0 Å². The van der Waals surface area contributed by atoms with Crippen molar-refractivity contribution in [3.63, 3.8) is 0 Å². The molecule has 6 heteroatoms. The molecular formula is C13H21N3O2S. The predicted molar refractivity (Wildman–Crippen MR) is 76.7 cm³/mol. The van der Waals surface area contributed by atoms with Crippen molar-refractivity contribution in [1.82, 2.24) is 10.6 Å². The zero-order chi connectivity index (χ0) is 14.4. The molecule has 0 radical (unpaired) electrons. The molecule has 2 amide bonds. The molecule has 2 unspecified atom stereocenters. The van der Waals surface area contributed by atoms with Crippen LogP contribution in [-0.4, -0.2) is 24.4 Å². The standard InChI is InChI=1S/C13H21N3O2S/c1-8(2)7-15-12(17)9(3)16-13(18)11(14)10-5-4-6-19-10/h4-6,8-9,11H,7,14H2,1-3H3,(H,15,17)(H,16,18). The highest BCUT2D eigenvalue weighted by atomic mass is 32.1. The van der Waals surface area contributed by atoms with E-state index in [-0.39, 0.29) is 11.8 Å². The summed E-state index contributed by atoms with van der Waals surface area (Å²) < 4.78 is 0. The van der Waals surface area contributed by atoms with E-state index in [1.165, 1.54) is 11.3 Å². The van der Waals surface area contributed by atoms with Gasteiger partial charge in [0.25, 0.3) is 0 Å². The highest BCUT2D eigenvalue weighted by Crippen LogP contribution is 2.16. The smallest absolute Gasteiger partial charge is 0.242 e. The number of carbonyl (C=O) groups is 2. The number of carbonyl (C=O) groups excluding carboxylic acids is 2. The molecular weight excluding hydrogens is 262 g/mol. The van der Waals surface area contributed by atoms with E-state index in [0.29, 0.717) is 12.5 Å². The Hall–Kier alpha value is -1.40. The molecule has 0 aliphatic heterocycles. The van der Waals surface area contributed by atoms with Gasteiger partial charge < -0.3 is 16.4 Å². The number of hydrogen-bond donors (Lipinski definition) is 3. The first kappa shape index (κ1) is 15.7. The number of hydrogen-bond acceptors (Lipinski definition) is 4. The van der Waals surface area contributed by atoms with Crippen LogP contribution in [-0.2, 0) is 9.59 Å². The zero-order valence-electron chi connectivity index (χ0n) is 11.5. The number of nitrogens with two attached hydrogens (primary N) is 1. The van der Waals surface area contributed by atoms with Crippen LogP contribution < -0.4 is 16.4 Å². The van der Waals surface area contributed by atoms with Crippen molar-refractivity contribution in [3.8, 4) is 0 Å². The topological polar surface area (TPSA) is 84.2 Å². The maximum absolute atomic E-state index is 11.9. The summed E-state index contributed by atoms with van der Waals surface area (Å²) in [7, 11) is 0. The van der Waals surface area contributed by atoms with Crippen molar-refractivity contribution in [2.24, 2.45) is 11.7 Å². The van der Waals surface area contributed by atoms with Gasteiger partial charge in [0, 0.05) is 11.4 Å². The van der Waals surface area contributed by atoms with Crippen LogP contribution in [0, 0.1) is 5.92 Å². The molecule has 1 heterocycles. The lowest BCUT2D eigenvalue weighted by molar-refractivity contribution is -0.129. The van der Waals surface area contributed by atoms with Gasteiger partial charge in [0.1, 0.15) is 12.1 Å². The second-order valence-corrected chi connectivity index (χ2v) is 5.84. The van der Waals surface area contributed by atoms with Crippen LogP contribution in [0.1, 0.15) is 31.7 Å². The Morgan fingerprint density at radius 1 is 1.32 bits per heavy atom. The number of amides is 2. The van der Waals surface area contributed by atoms with Gasteiger partial charge in [0.15, 0.2) is 0 Å². The van der Waals surface area contributed by atoms with E-state index in [9.17, 15) is 9.59 Å². The second-order valence-electron chi connectivity index (χ2n) is 4.86. The van der Waals surface area contributed by atoms with Gasteiger partial charge in [0.2, 0.25) is 11.8 Å². The molecule has 0 aromatic carbocycles. The van der Waals surface area contributed by atoms with Gasteiger partial charge >= 0.3 is 0 Å². The fourth-order valence-corrected chi connectivity index (χ4v) is 2.15. The summed E-state index contributed by atoms with van der Waals surface area (Å²) in [6.07, 6.45) is 0. The first-order chi connectivity index (χ1) is 8.91. The fraction of sp³-hybridized carbons (Fsp3) is 0.538. The first-order valence-electron chi connectivity index (χ1n) is 6.29. The minimum Gasteiger partial charge on any atom is -0.354 e. The minimum atomic E-state index is -0.722. The molecule has 1 aromatic heterocycles. The quantitative estimate of drug-likeness (QED) is 0.729. The summed E-state index contributed by atoms with van der Waals surface area (Å²) in [5.74, 6) is -0.157. The Morgan fingerprint density at radius 3 is 2.53 bits per heavy atom. The third-order valence-corrected chi connectivity index (χ3v) is 3.52. The lowest BCUT2D eigenvalue weighted by Gasteiger charge is -2.17. The molecule has 19 heavy (non-hydrogen) atoms. The average molecular weight is 283 g/mol. The largest absolute Gasteiger partial charge is 0.354 e. The van der Waals surface area contributed by atoms with E-state index in [1.807, 2.05) is 25.3 Å². The van der Waals surface area contributed by atoms with E-state index in [1.54, 1.807) is 13.0 Å². The summed E-state index contributed by atoms with van der Waals surface area (Å²) in [5.41, 5.74) is 5.82. The van der Waals surface area contributed by atoms with Crippen molar-refractivity contribution < 1.29 is 9.59 Å². The molecule has 0 fully saturated rings. The molecule has 2 atom stereocenters. The van der Waals surface area contributed by atoms with Gasteiger partial charge in [-0.3, -0.25) is 9.59 Å². The lowest BCUT2D eigenvalue weighted by atomic mass is 10.2. The molecule has 4 N–H and O–H groups in total. The van der Waals surface area contributed by atoms with Crippen LogP contribution in [0.4, 0.5) is 0 Å². The SMILES string of the molecule is CC(C)CNC(=O)C(C)NC(=O)C(N)c1cccs1. The predicted octanol–water partition coefficient (Wildman–Crippen LogP) is 1.02. The molecule has 0 bridgehead atoms. The Labute approximate surface area is 117 Å². The van der Waals surface area contributed by atoms with Crippen molar-refractivity contribution >= 4 is 23.2 Å². The third kappa shape index (κ3) is 5.00. The Balaban J connectivity index is 2.45. The summed E-state index contributed by atoms with van der Waals surface area (Å²) in [6.45, 7) is 6.26. The highest BCUT2D eigenvalue weighted by molar-refractivity contribution is 7.10. The molecule has 1 aromatic rings. The van der Waals surface area contributed by atoms with Crippen LogP contribution in [0.5, 0.6) is 0 Å². The molecule has 1 rings (SSSR count). The molecule has 106 valence electrons. The minimum absolute atomic E-state index is 0.194. The van der Waals surface area contributed by atoms with Crippen LogP contribution in [0.25, 0.3) is 0 Å². The average Bonchev–Trinajstić information content (AvgIpc) is 2.88. The van der Waals surface area contributed by atoms with Gasteiger partial charge in [-0.2, -0.15) is 0 Å². The first-order valence-corrected chi connectivity index (χ1v) is 7.16. The molecule has 0 saturated carbocycles. The molecule has 0 spiro atoms. The zero-order valence-corrected chi connectivity index (χ0v) is 12.3. The summed E-state index contributed by atoms with van der Waals surface area (Å²) in [6, 6.07) is 2.34. The van der Waals surface area contributed by atoms with Gasteiger partial charge in [-0.05, 0) is 24.3 Å². The third-order valence-electron chi connectivity index (χ3n) is 2.57. The Kier molecular flexibility index (Phi) is 5.98. The van der Waals surface area contributed by atoms with Crippen LogP contribution in [0.2, 0.25) is 0 Å². The second kappa shape index (κ2) is 7.25. The summed E-state index contributed by atoms with van der Waals surface area (Å²) in [4.78, 5) is 24.4. The number of rotatable bonds is 6. The number of thiophene rings is 1. The molecule has 0 aliphatic carbocycles.